The lowest BCUT2D eigenvalue weighted by Gasteiger charge is -2.41. The molecule has 1 amide bonds. The average Bonchev–Trinajstić information content (AvgIpc) is 3.11. The van der Waals surface area contributed by atoms with Gasteiger partial charge in [-0.3, -0.25) is 9.69 Å². The maximum absolute atomic E-state index is 12.9. The maximum Gasteiger partial charge on any atom is 0.237 e. The van der Waals surface area contributed by atoms with E-state index in [9.17, 15) is 4.79 Å². The number of aromatic nitrogens is 1. The van der Waals surface area contributed by atoms with Gasteiger partial charge in [0, 0.05) is 13.6 Å². The monoisotopic (exact) mass is 371 g/mol. The van der Waals surface area contributed by atoms with Gasteiger partial charge in [-0.2, -0.15) is 0 Å². The lowest BCUT2D eigenvalue weighted by molar-refractivity contribution is -0.133. The Balaban J connectivity index is 1.37. The molecule has 0 unspecified atom stereocenters. The van der Waals surface area contributed by atoms with Crippen LogP contribution in [0.1, 0.15) is 50.1 Å². The fourth-order valence-electron chi connectivity index (χ4n) is 4.57. The van der Waals surface area contributed by atoms with Crippen molar-refractivity contribution in [2.45, 2.75) is 45.1 Å². The predicted molar refractivity (Wildman–Crippen MR) is 107 cm³/mol. The van der Waals surface area contributed by atoms with E-state index in [0.717, 1.165) is 35.4 Å². The molecule has 3 atom stereocenters. The van der Waals surface area contributed by atoms with E-state index < -0.39 is 0 Å². The lowest BCUT2D eigenvalue weighted by Crippen LogP contribution is -2.46. The van der Waals surface area contributed by atoms with Crippen molar-refractivity contribution in [1.82, 2.24) is 14.8 Å². The van der Waals surface area contributed by atoms with Crippen LogP contribution in [0.2, 0.25) is 0 Å². The quantitative estimate of drug-likeness (QED) is 0.803. The number of nitrogens with zero attached hydrogens (tertiary/aromatic N) is 3. The second-order valence-corrected chi connectivity index (χ2v) is 9.09. The summed E-state index contributed by atoms with van der Waals surface area (Å²) in [5.74, 6) is 1.94. The molecule has 1 saturated carbocycles. The number of likely N-dealkylation sites (tertiary alicyclic amines) is 1. The van der Waals surface area contributed by atoms with Crippen LogP contribution in [0, 0.1) is 11.8 Å². The molecule has 0 bridgehead atoms. The zero-order valence-corrected chi connectivity index (χ0v) is 16.7. The standard InChI is InChI=1S/C21H29N3OS/c1-15(21-22-18-9-5-6-10-19(18)26-21)23(2)20(25)14-24-12-11-16-7-3-4-8-17(16)13-24/h5-6,9-10,15-17H,3-4,7-8,11-14H2,1-2H3/t15-,16-,17+/m0/s1. The van der Waals surface area contributed by atoms with Crippen LogP contribution in [0.25, 0.3) is 10.2 Å². The highest BCUT2D eigenvalue weighted by molar-refractivity contribution is 7.18. The van der Waals surface area contributed by atoms with Crippen LogP contribution >= 0.6 is 11.3 Å². The molecule has 1 aromatic carbocycles. The van der Waals surface area contributed by atoms with Crippen molar-refractivity contribution in [3.8, 4) is 0 Å². The number of benzene rings is 1. The Kier molecular flexibility index (Phi) is 5.28. The van der Waals surface area contributed by atoms with E-state index in [1.807, 2.05) is 30.1 Å². The van der Waals surface area contributed by atoms with Crippen LogP contribution in [0.5, 0.6) is 0 Å². The third kappa shape index (κ3) is 3.65. The van der Waals surface area contributed by atoms with E-state index in [1.54, 1.807) is 11.3 Å². The van der Waals surface area contributed by atoms with Crippen LogP contribution in [0.4, 0.5) is 0 Å². The molecule has 1 aliphatic heterocycles. The fraction of sp³-hybridized carbons (Fsp3) is 0.619. The Morgan fingerprint density at radius 3 is 2.85 bits per heavy atom. The van der Waals surface area contributed by atoms with Crippen molar-refractivity contribution in [2.24, 2.45) is 11.8 Å². The summed E-state index contributed by atoms with van der Waals surface area (Å²) in [6.07, 6.45) is 6.81. The molecule has 4 nitrogen and oxygen atoms in total. The summed E-state index contributed by atoms with van der Waals surface area (Å²) >= 11 is 1.69. The number of likely N-dealkylation sites (N-methyl/N-ethyl adjacent to an activating group) is 1. The minimum Gasteiger partial charge on any atom is -0.335 e. The maximum atomic E-state index is 12.9. The lowest BCUT2D eigenvalue weighted by atomic mass is 9.75. The van der Waals surface area contributed by atoms with Crippen LogP contribution in [0.3, 0.4) is 0 Å². The SMILES string of the molecule is C[C@@H](c1nc2ccccc2s1)N(C)C(=O)CN1CC[C@@H]2CCCC[C@@H]2C1. The van der Waals surface area contributed by atoms with Crippen molar-refractivity contribution >= 4 is 27.5 Å². The molecule has 4 rings (SSSR count). The molecule has 2 aromatic rings. The molecular formula is C21H29N3OS. The highest BCUT2D eigenvalue weighted by atomic mass is 32.1. The van der Waals surface area contributed by atoms with E-state index in [2.05, 4.69) is 17.9 Å². The van der Waals surface area contributed by atoms with Crippen LogP contribution < -0.4 is 0 Å². The summed E-state index contributed by atoms with van der Waals surface area (Å²) in [5, 5.41) is 1.02. The first kappa shape index (κ1) is 17.9. The number of rotatable bonds is 4. The zero-order chi connectivity index (χ0) is 18.1. The van der Waals surface area contributed by atoms with E-state index >= 15 is 0 Å². The summed E-state index contributed by atoms with van der Waals surface area (Å²) in [6.45, 7) is 4.83. The van der Waals surface area contributed by atoms with Crippen molar-refractivity contribution in [3.05, 3.63) is 29.3 Å². The molecule has 2 aliphatic rings. The van der Waals surface area contributed by atoms with Crippen LogP contribution in [0.15, 0.2) is 24.3 Å². The number of para-hydroxylation sites is 1. The van der Waals surface area contributed by atoms with Gasteiger partial charge in [0.05, 0.1) is 22.8 Å². The van der Waals surface area contributed by atoms with Gasteiger partial charge in [0.15, 0.2) is 0 Å². The molecule has 140 valence electrons. The van der Waals surface area contributed by atoms with Gasteiger partial charge < -0.3 is 4.90 Å². The molecule has 2 heterocycles. The summed E-state index contributed by atoms with van der Waals surface area (Å²) in [6, 6.07) is 8.21. The molecule has 0 N–H and O–H groups in total. The van der Waals surface area contributed by atoms with Gasteiger partial charge in [0.2, 0.25) is 5.91 Å². The third-order valence-electron chi connectivity index (χ3n) is 6.38. The highest BCUT2D eigenvalue weighted by Crippen LogP contribution is 2.36. The smallest absolute Gasteiger partial charge is 0.237 e. The molecule has 2 fully saturated rings. The van der Waals surface area contributed by atoms with Gasteiger partial charge >= 0.3 is 0 Å². The normalized spacial score (nSPS) is 25.0. The zero-order valence-electron chi connectivity index (χ0n) is 15.9. The van der Waals surface area contributed by atoms with E-state index in [1.165, 1.54) is 36.8 Å². The van der Waals surface area contributed by atoms with Gasteiger partial charge in [-0.1, -0.05) is 31.4 Å². The predicted octanol–water partition coefficient (Wildman–Crippen LogP) is 4.33. The Morgan fingerprint density at radius 2 is 2.04 bits per heavy atom. The van der Waals surface area contributed by atoms with Gasteiger partial charge in [0.25, 0.3) is 0 Å². The molecule has 1 saturated heterocycles. The molecule has 5 heteroatoms. The first-order valence-electron chi connectivity index (χ1n) is 9.95. The summed E-state index contributed by atoms with van der Waals surface area (Å²) in [5.41, 5.74) is 1.03. The van der Waals surface area contributed by atoms with E-state index in [-0.39, 0.29) is 11.9 Å². The van der Waals surface area contributed by atoms with Crippen molar-refractivity contribution in [1.29, 1.82) is 0 Å². The molecule has 1 aliphatic carbocycles. The topological polar surface area (TPSA) is 36.4 Å². The number of carbonyl (C=O) groups excluding carboxylic acids is 1. The second-order valence-electron chi connectivity index (χ2n) is 8.03. The van der Waals surface area contributed by atoms with Crippen LogP contribution in [-0.4, -0.2) is 47.4 Å². The minimum absolute atomic E-state index is 0.0205. The first-order chi connectivity index (χ1) is 12.6. The van der Waals surface area contributed by atoms with Gasteiger partial charge in [-0.25, -0.2) is 4.98 Å². The number of fused-ring (bicyclic) bond motifs is 2. The Labute approximate surface area is 160 Å². The first-order valence-corrected chi connectivity index (χ1v) is 10.8. The molecule has 1 aromatic heterocycles. The Hall–Kier alpha value is -1.46. The summed E-state index contributed by atoms with van der Waals surface area (Å²) in [4.78, 5) is 21.9. The van der Waals surface area contributed by atoms with Gasteiger partial charge in [-0.05, 0) is 50.3 Å². The summed E-state index contributed by atoms with van der Waals surface area (Å²) in [7, 11) is 1.92. The Morgan fingerprint density at radius 1 is 1.27 bits per heavy atom. The molecular weight excluding hydrogens is 342 g/mol. The largest absolute Gasteiger partial charge is 0.335 e. The second kappa shape index (κ2) is 7.65. The number of piperidine rings is 1. The molecule has 0 spiro atoms. The van der Waals surface area contributed by atoms with Crippen LogP contribution in [-0.2, 0) is 4.79 Å². The highest BCUT2D eigenvalue weighted by Gasteiger charge is 2.32. The minimum atomic E-state index is 0.0205. The molecule has 0 radical (unpaired) electrons. The number of hydrogen-bond donors (Lipinski definition) is 0. The summed E-state index contributed by atoms with van der Waals surface area (Å²) < 4.78 is 1.19. The van der Waals surface area contributed by atoms with Crippen molar-refractivity contribution in [3.63, 3.8) is 0 Å². The number of hydrogen-bond acceptors (Lipinski definition) is 4. The van der Waals surface area contributed by atoms with E-state index in [0.29, 0.717) is 6.54 Å². The third-order valence-corrected chi connectivity index (χ3v) is 7.58. The van der Waals surface area contributed by atoms with E-state index in [4.69, 9.17) is 4.98 Å². The Bertz CT molecular complexity index is 740. The molecule has 26 heavy (non-hydrogen) atoms. The fourth-order valence-corrected chi connectivity index (χ4v) is 5.64. The van der Waals surface area contributed by atoms with Crippen molar-refractivity contribution < 1.29 is 4.79 Å². The number of carbonyl (C=O) groups is 1. The van der Waals surface area contributed by atoms with Gasteiger partial charge in [0.1, 0.15) is 5.01 Å². The number of thiazole rings is 1. The number of amides is 1. The average molecular weight is 372 g/mol. The van der Waals surface area contributed by atoms with Gasteiger partial charge in [-0.15, -0.1) is 11.3 Å². The van der Waals surface area contributed by atoms with Crippen molar-refractivity contribution in [2.75, 3.05) is 26.7 Å².